The lowest BCUT2D eigenvalue weighted by atomic mass is 9.95. The molecule has 0 saturated carbocycles. The predicted molar refractivity (Wildman–Crippen MR) is 114 cm³/mol. The first-order chi connectivity index (χ1) is 17.1. The molecule has 15 atom stereocenters. The minimum atomic E-state index is -1.74. The molecule has 15 heteroatoms. The maximum absolute atomic E-state index is 10.9. The summed E-state index contributed by atoms with van der Waals surface area (Å²) in [7, 11) is 0. The average molecular weight is 526 g/mol. The number of rotatable bonds is 7. The molecule has 0 amide bonds. The third kappa shape index (κ3) is 5.13. The number of hydrogen-bond acceptors (Lipinski definition) is 15. The van der Waals surface area contributed by atoms with Crippen molar-refractivity contribution < 1.29 is 69.3 Å². The number of fused-ring (bicyclic) bond motifs is 1. The highest BCUT2D eigenvalue weighted by Gasteiger charge is 2.55. The number of nitrogens with zero attached hydrogens (tertiary/aromatic N) is 1. The van der Waals surface area contributed by atoms with Crippen LogP contribution in [-0.2, 0) is 28.4 Å². The Labute approximate surface area is 206 Å². The van der Waals surface area contributed by atoms with Gasteiger partial charge in [-0.2, -0.15) is 0 Å². The van der Waals surface area contributed by atoms with E-state index in [4.69, 9.17) is 28.4 Å². The summed E-state index contributed by atoms with van der Waals surface area (Å²) in [5, 5.41) is 82.3. The van der Waals surface area contributed by atoms with Crippen molar-refractivity contribution in [2.75, 3.05) is 13.2 Å². The van der Waals surface area contributed by atoms with Crippen LogP contribution in [0.3, 0.4) is 0 Å². The largest absolute Gasteiger partial charge is 0.450 e. The van der Waals surface area contributed by atoms with Gasteiger partial charge >= 0.3 is 0 Å². The summed E-state index contributed by atoms with van der Waals surface area (Å²) >= 11 is 0. The second-order valence-electron chi connectivity index (χ2n) is 9.30. The molecule has 15 nitrogen and oxygen atoms in total. The third-order valence-electron chi connectivity index (χ3n) is 6.92. The van der Waals surface area contributed by atoms with Gasteiger partial charge in [0, 0.05) is 6.92 Å². The van der Waals surface area contributed by atoms with Crippen LogP contribution >= 0.6 is 0 Å². The van der Waals surface area contributed by atoms with Gasteiger partial charge < -0.3 is 69.3 Å². The molecule has 208 valence electrons. The lowest BCUT2D eigenvalue weighted by Crippen LogP contribution is -2.66. The molecule has 0 aliphatic carbocycles. The molecule has 0 aromatic carbocycles. The van der Waals surface area contributed by atoms with Crippen molar-refractivity contribution in [1.29, 1.82) is 0 Å². The van der Waals surface area contributed by atoms with Crippen LogP contribution in [0.4, 0.5) is 0 Å². The van der Waals surface area contributed by atoms with Crippen LogP contribution < -0.4 is 0 Å². The van der Waals surface area contributed by atoms with E-state index in [2.05, 4.69) is 4.99 Å². The summed E-state index contributed by atoms with van der Waals surface area (Å²) in [6.45, 7) is 1.96. The molecule has 3 saturated heterocycles. The van der Waals surface area contributed by atoms with Gasteiger partial charge in [-0.25, -0.2) is 4.99 Å². The van der Waals surface area contributed by atoms with Crippen LogP contribution in [-0.4, -0.2) is 152 Å². The van der Waals surface area contributed by atoms with E-state index in [-0.39, 0.29) is 12.3 Å². The number of aliphatic hydroxyl groups excluding tert-OH is 8. The fourth-order valence-corrected chi connectivity index (χ4v) is 4.85. The molecule has 4 aliphatic rings. The van der Waals surface area contributed by atoms with Crippen molar-refractivity contribution >= 4 is 5.90 Å². The van der Waals surface area contributed by atoms with E-state index < -0.39 is 105 Å². The van der Waals surface area contributed by atoms with Crippen LogP contribution in [0.1, 0.15) is 20.3 Å². The van der Waals surface area contributed by atoms with E-state index in [9.17, 15) is 40.9 Å². The van der Waals surface area contributed by atoms with E-state index in [1.807, 2.05) is 0 Å². The first kappa shape index (κ1) is 28.0. The minimum absolute atomic E-state index is 0.262. The average Bonchev–Trinajstić information content (AvgIpc) is 3.25. The normalized spacial score (nSPS) is 51.4. The van der Waals surface area contributed by atoms with Crippen molar-refractivity contribution in [3.63, 3.8) is 0 Å². The summed E-state index contributed by atoms with van der Waals surface area (Å²) in [6.07, 6.45) is -19.5. The highest BCUT2D eigenvalue weighted by Crippen LogP contribution is 2.35. The smallest absolute Gasteiger partial charge is 0.227 e. The zero-order valence-electron chi connectivity index (χ0n) is 19.8. The number of ether oxygens (including phenoxy) is 6. The molecule has 0 bridgehead atoms. The predicted octanol–water partition coefficient (Wildman–Crippen LogP) is -4.69. The number of aliphatic imine (C=N–C) groups is 1. The van der Waals surface area contributed by atoms with Gasteiger partial charge in [-0.15, -0.1) is 0 Å². The third-order valence-corrected chi connectivity index (χ3v) is 6.92. The molecule has 4 rings (SSSR count). The van der Waals surface area contributed by atoms with Gasteiger partial charge in [0.15, 0.2) is 18.5 Å². The van der Waals surface area contributed by atoms with Gasteiger partial charge in [-0.05, 0) is 6.42 Å². The van der Waals surface area contributed by atoms with Crippen molar-refractivity contribution in [2.45, 2.75) is 112 Å². The van der Waals surface area contributed by atoms with Crippen molar-refractivity contribution in [2.24, 2.45) is 4.99 Å². The van der Waals surface area contributed by atoms with E-state index >= 15 is 0 Å². The molecule has 6 unspecified atom stereocenters. The van der Waals surface area contributed by atoms with Gasteiger partial charge in [-0.3, -0.25) is 0 Å². The summed E-state index contributed by atoms with van der Waals surface area (Å²) in [5.74, 6) is 0.269. The number of aliphatic hydroxyl groups is 8. The van der Waals surface area contributed by atoms with Gasteiger partial charge in [0.05, 0.1) is 19.3 Å². The topological polar surface area (TPSA) is 230 Å². The highest BCUT2D eigenvalue weighted by molar-refractivity contribution is 5.75. The molecule has 0 radical (unpaired) electrons. The molecule has 8 N–H and O–H groups in total. The highest BCUT2D eigenvalue weighted by atomic mass is 16.8. The maximum Gasteiger partial charge on any atom is 0.227 e. The summed E-state index contributed by atoms with van der Waals surface area (Å²) in [4.78, 5) is 4.17. The van der Waals surface area contributed by atoms with Crippen LogP contribution in [0.5, 0.6) is 0 Å². The molecular weight excluding hydrogens is 490 g/mol. The van der Waals surface area contributed by atoms with Crippen LogP contribution in [0.2, 0.25) is 0 Å². The zero-order chi connectivity index (χ0) is 26.3. The second kappa shape index (κ2) is 11.4. The fourth-order valence-electron chi connectivity index (χ4n) is 4.85. The van der Waals surface area contributed by atoms with Gasteiger partial charge in [0.2, 0.25) is 6.29 Å². The van der Waals surface area contributed by atoms with Crippen LogP contribution in [0.25, 0.3) is 0 Å². The molecule has 4 aliphatic heterocycles. The van der Waals surface area contributed by atoms with Crippen molar-refractivity contribution in [1.82, 2.24) is 0 Å². The lowest BCUT2D eigenvalue weighted by molar-refractivity contribution is -0.381. The van der Waals surface area contributed by atoms with E-state index in [0.717, 1.165) is 0 Å². The minimum Gasteiger partial charge on any atom is -0.450 e. The molecule has 0 aromatic rings. The van der Waals surface area contributed by atoms with Gasteiger partial charge in [0.1, 0.15) is 67.1 Å². The number of hydrogen-bond donors (Lipinski definition) is 8. The summed E-state index contributed by atoms with van der Waals surface area (Å²) in [5.41, 5.74) is 0. The molecular formula is C21H35NO14. The maximum atomic E-state index is 10.9. The monoisotopic (exact) mass is 525 g/mol. The van der Waals surface area contributed by atoms with Crippen LogP contribution in [0, 0.1) is 0 Å². The van der Waals surface area contributed by atoms with E-state index in [1.165, 1.54) is 0 Å². The molecule has 36 heavy (non-hydrogen) atoms. The van der Waals surface area contributed by atoms with Gasteiger partial charge in [0.25, 0.3) is 0 Å². The zero-order valence-corrected chi connectivity index (χ0v) is 19.8. The Morgan fingerprint density at radius 2 is 1.31 bits per heavy atom. The fraction of sp³-hybridized carbons (Fsp3) is 0.952. The Morgan fingerprint density at radius 1 is 0.694 bits per heavy atom. The SMILES string of the molecule is CCC1O[C@H](OC2[C@@H](O[C@@H]3C(CO)O[C@@H]4OC(C)=NC4[C@H]3O)OC(CO)[C@@H](O)[C@@H]2O)C(O)[C@@H](O)[C@@H]1O. The summed E-state index contributed by atoms with van der Waals surface area (Å²) < 4.78 is 33.8. The molecule has 4 heterocycles. The Morgan fingerprint density at radius 3 is 1.94 bits per heavy atom. The molecule has 0 aromatic heterocycles. The van der Waals surface area contributed by atoms with E-state index in [1.54, 1.807) is 13.8 Å². The first-order valence-electron chi connectivity index (χ1n) is 11.9. The Kier molecular flexibility index (Phi) is 8.83. The van der Waals surface area contributed by atoms with Gasteiger partial charge in [-0.1, -0.05) is 6.92 Å². The molecule has 3 fully saturated rings. The van der Waals surface area contributed by atoms with Crippen molar-refractivity contribution in [3.8, 4) is 0 Å². The Balaban J connectivity index is 1.57. The second-order valence-corrected chi connectivity index (χ2v) is 9.30. The first-order valence-corrected chi connectivity index (χ1v) is 11.9. The Hall–Kier alpha value is -1.05. The molecule has 0 spiro atoms. The van der Waals surface area contributed by atoms with Crippen LogP contribution in [0.15, 0.2) is 4.99 Å². The Bertz CT molecular complexity index is 771. The quantitative estimate of drug-likeness (QED) is 0.156. The standard InChI is InChI=1S/C21H35NO14/c1-3-7-11(25)14(28)16(30)20(32-7)36-18-15(29)12(26)8(4-23)33-21(18)35-17-9(5-24)34-19-10(13(17)27)22-6(2)31-19/h7-21,23-30H,3-5H2,1-2H3/t7?,8?,9?,10?,11-,12-,13-,14+,15+,16?,17-,18?,19+,20-,21-/m1/s1. The van der Waals surface area contributed by atoms with E-state index in [0.29, 0.717) is 0 Å². The summed E-state index contributed by atoms with van der Waals surface area (Å²) in [6, 6.07) is -0.879. The van der Waals surface area contributed by atoms with Crippen molar-refractivity contribution in [3.05, 3.63) is 0 Å². The lowest BCUT2D eigenvalue weighted by Gasteiger charge is -2.48.